The number of alkyl carbamates (subject to hydrolysis) is 1. The molecule has 8 heteroatoms. The number of hydrogen-bond donors (Lipinski definition) is 3. The molecule has 0 spiro atoms. The minimum atomic E-state index is -1.12. The van der Waals surface area contributed by atoms with Crippen molar-refractivity contribution in [2.75, 3.05) is 11.9 Å². The summed E-state index contributed by atoms with van der Waals surface area (Å²) in [7, 11) is 0. The SMILES string of the molecule is CCCCCCCN(C(=O)C(NC(=O)OC(C)(C)C)C(C)CC)C(C(=O)Nc1ccccc1C)c1ccccc1O. The molecular weight excluding hydrogens is 518 g/mol. The molecular formula is C33H49N3O5. The van der Waals surface area contributed by atoms with Crippen LogP contribution in [0.1, 0.15) is 97.2 Å². The van der Waals surface area contributed by atoms with Crippen LogP contribution in [0.3, 0.4) is 0 Å². The Labute approximate surface area is 245 Å². The molecule has 0 saturated heterocycles. The van der Waals surface area contributed by atoms with Crippen molar-refractivity contribution in [3.63, 3.8) is 0 Å². The van der Waals surface area contributed by atoms with Gasteiger partial charge in [-0.25, -0.2) is 4.79 Å². The predicted octanol–water partition coefficient (Wildman–Crippen LogP) is 7.12. The van der Waals surface area contributed by atoms with E-state index in [1.54, 1.807) is 45.0 Å². The van der Waals surface area contributed by atoms with Crippen LogP contribution in [-0.4, -0.2) is 46.1 Å². The number of phenolic OH excluding ortho intramolecular Hbond substituents is 1. The number of para-hydroxylation sites is 2. The maximum atomic E-state index is 14.4. The third kappa shape index (κ3) is 10.4. The predicted molar refractivity (Wildman–Crippen MR) is 164 cm³/mol. The van der Waals surface area contributed by atoms with Gasteiger partial charge in [-0.05, 0) is 57.7 Å². The third-order valence-electron chi connectivity index (χ3n) is 7.13. The Bertz CT molecular complexity index is 1140. The maximum Gasteiger partial charge on any atom is 0.408 e. The molecule has 2 aromatic rings. The van der Waals surface area contributed by atoms with Gasteiger partial charge in [0.05, 0.1) is 0 Å². The topological polar surface area (TPSA) is 108 Å². The lowest BCUT2D eigenvalue weighted by molar-refractivity contribution is -0.142. The van der Waals surface area contributed by atoms with Crippen molar-refractivity contribution >= 4 is 23.6 Å². The monoisotopic (exact) mass is 567 g/mol. The number of carbonyl (C=O) groups excluding carboxylic acids is 3. The number of aryl methyl sites for hydroxylation is 1. The second-order valence-corrected chi connectivity index (χ2v) is 11.7. The number of hydrogen-bond acceptors (Lipinski definition) is 5. The number of nitrogens with one attached hydrogen (secondary N) is 2. The van der Waals surface area contributed by atoms with E-state index in [2.05, 4.69) is 17.6 Å². The minimum Gasteiger partial charge on any atom is -0.508 e. The fourth-order valence-electron chi connectivity index (χ4n) is 4.63. The van der Waals surface area contributed by atoms with Crippen molar-refractivity contribution in [1.29, 1.82) is 0 Å². The first kappa shape index (κ1) is 33.7. The van der Waals surface area contributed by atoms with Crippen LogP contribution in [0.4, 0.5) is 10.5 Å². The van der Waals surface area contributed by atoms with Crippen molar-refractivity contribution in [2.45, 2.75) is 105 Å². The maximum absolute atomic E-state index is 14.4. The molecule has 0 radical (unpaired) electrons. The molecule has 3 unspecified atom stereocenters. The molecule has 3 atom stereocenters. The van der Waals surface area contributed by atoms with E-state index in [1.807, 2.05) is 39.0 Å². The summed E-state index contributed by atoms with van der Waals surface area (Å²) < 4.78 is 5.48. The van der Waals surface area contributed by atoms with Gasteiger partial charge in [-0.2, -0.15) is 0 Å². The van der Waals surface area contributed by atoms with Crippen LogP contribution in [0.2, 0.25) is 0 Å². The zero-order chi connectivity index (χ0) is 30.6. The van der Waals surface area contributed by atoms with E-state index in [1.165, 1.54) is 11.0 Å². The zero-order valence-corrected chi connectivity index (χ0v) is 25.8. The Morgan fingerprint density at radius 2 is 1.59 bits per heavy atom. The first-order chi connectivity index (χ1) is 19.4. The third-order valence-corrected chi connectivity index (χ3v) is 7.13. The fraction of sp³-hybridized carbons (Fsp3) is 0.545. The van der Waals surface area contributed by atoms with Crippen LogP contribution >= 0.6 is 0 Å². The molecule has 0 heterocycles. The molecule has 0 aliphatic carbocycles. The van der Waals surface area contributed by atoms with Crippen LogP contribution in [0.5, 0.6) is 5.75 Å². The molecule has 0 aliphatic heterocycles. The van der Waals surface area contributed by atoms with Gasteiger partial charge in [0.25, 0.3) is 5.91 Å². The van der Waals surface area contributed by atoms with E-state index in [0.717, 1.165) is 31.2 Å². The number of rotatable bonds is 14. The molecule has 0 aliphatic rings. The van der Waals surface area contributed by atoms with Gasteiger partial charge < -0.3 is 25.4 Å². The summed E-state index contributed by atoms with van der Waals surface area (Å²) in [6.45, 7) is 13.4. The Hall–Kier alpha value is -3.55. The molecule has 0 saturated carbocycles. The molecule has 226 valence electrons. The Morgan fingerprint density at radius 1 is 0.951 bits per heavy atom. The van der Waals surface area contributed by atoms with E-state index in [4.69, 9.17) is 4.74 Å². The molecule has 41 heavy (non-hydrogen) atoms. The van der Waals surface area contributed by atoms with E-state index in [-0.39, 0.29) is 18.2 Å². The average Bonchev–Trinajstić information content (AvgIpc) is 2.91. The van der Waals surface area contributed by atoms with Crippen LogP contribution in [0.15, 0.2) is 48.5 Å². The van der Waals surface area contributed by atoms with E-state index < -0.39 is 35.6 Å². The summed E-state index contributed by atoms with van der Waals surface area (Å²) in [6, 6.07) is 12.0. The Kier molecular flexibility index (Phi) is 13.2. The van der Waals surface area contributed by atoms with E-state index in [0.29, 0.717) is 24.1 Å². The van der Waals surface area contributed by atoms with Crippen LogP contribution in [-0.2, 0) is 14.3 Å². The number of unbranched alkanes of at least 4 members (excludes halogenated alkanes) is 4. The number of phenols is 1. The first-order valence-corrected chi connectivity index (χ1v) is 14.8. The number of amides is 3. The lowest BCUT2D eigenvalue weighted by Gasteiger charge is -2.36. The molecule has 2 aromatic carbocycles. The second kappa shape index (κ2) is 16.0. The average molecular weight is 568 g/mol. The minimum absolute atomic E-state index is 0.0820. The normalized spacial score (nSPS) is 13.5. The molecule has 0 bridgehead atoms. The van der Waals surface area contributed by atoms with Crippen molar-refractivity contribution < 1.29 is 24.2 Å². The quantitative estimate of drug-likeness (QED) is 0.211. The summed E-state index contributed by atoms with van der Waals surface area (Å²) in [5.41, 5.74) is 1.08. The van der Waals surface area contributed by atoms with Gasteiger partial charge in [0.15, 0.2) is 0 Å². The molecule has 2 rings (SSSR count). The van der Waals surface area contributed by atoms with Crippen molar-refractivity contribution in [2.24, 2.45) is 5.92 Å². The van der Waals surface area contributed by atoms with Crippen LogP contribution in [0, 0.1) is 12.8 Å². The Morgan fingerprint density at radius 3 is 2.20 bits per heavy atom. The lowest BCUT2D eigenvalue weighted by Crippen LogP contribution is -2.55. The van der Waals surface area contributed by atoms with Crippen molar-refractivity contribution in [3.8, 4) is 5.75 Å². The highest BCUT2D eigenvalue weighted by Crippen LogP contribution is 2.32. The number of ether oxygens (including phenoxy) is 1. The van der Waals surface area contributed by atoms with Crippen LogP contribution in [0.25, 0.3) is 0 Å². The molecule has 0 aromatic heterocycles. The summed E-state index contributed by atoms with van der Waals surface area (Å²) in [5.74, 6) is -1.15. The van der Waals surface area contributed by atoms with E-state index in [9.17, 15) is 19.5 Å². The first-order valence-electron chi connectivity index (χ1n) is 14.8. The summed E-state index contributed by atoms with van der Waals surface area (Å²) >= 11 is 0. The highest BCUT2D eigenvalue weighted by molar-refractivity contribution is 5.99. The van der Waals surface area contributed by atoms with Gasteiger partial charge in [0.2, 0.25) is 5.91 Å². The van der Waals surface area contributed by atoms with Crippen LogP contribution < -0.4 is 10.6 Å². The van der Waals surface area contributed by atoms with Crippen molar-refractivity contribution in [3.05, 3.63) is 59.7 Å². The summed E-state index contributed by atoms with van der Waals surface area (Å²) in [6.07, 6.45) is 4.67. The highest BCUT2D eigenvalue weighted by Gasteiger charge is 2.39. The van der Waals surface area contributed by atoms with E-state index >= 15 is 0 Å². The summed E-state index contributed by atoms with van der Waals surface area (Å²) in [4.78, 5) is 42.8. The van der Waals surface area contributed by atoms with Gasteiger partial charge in [0.1, 0.15) is 23.4 Å². The Balaban J connectivity index is 2.56. The molecule has 3 amide bonds. The highest BCUT2D eigenvalue weighted by atomic mass is 16.6. The zero-order valence-electron chi connectivity index (χ0n) is 25.8. The number of aromatic hydroxyl groups is 1. The van der Waals surface area contributed by atoms with Gasteiger partial charge in [-0.3, -0.25) is 9.59 Å². The van der Waals surface area contributed by atoms with Gasteiger partial charge in [-0.1, -0.05) is 89.3 Å². The van der Waals surface area contributed by atoms with Gasteiger partial charge in [-0.15, -0.1) is 0 Å². The van der Waals surface area contributed by atoms with Crippen molar-refractivity contribution in [1.82, 2.24) is 10.2 Å². The number of carbonyl (C=O) groups is 3. The standard InChI is InChI=1S/C33H49N3O5/c1-8-10-11-12-17-22-36(31(39)28(23(3)9-2)35-32(40)41-33(5,6)7)29(25-19-14-16-21-27(25)37)30(38)34-26-20-15-13-18-24(26)4/h13-16,18-21,23,28-29,37H,8-12,17,22H2,1-7H3,(H,34,38)(H,35,40). The molecule has 0 fully saturated rings. The summed E-state index contributed by atoms with van der Waals surface area (Å²) in [5, 5.41) is 16.6. The van der Waals surface area contributed by atoms with Gasteiger partial charge in [0, 0.05) is 17.8 Å². The largest absolute Gasteiger partial charge is 0.508 e. The number of benzene rings is 2. The number of nitrogens with zero attached hydrogens (tertiary/aromatic N) is 1. The number of anilines is 1. The molecule has 3 N–H and O–H groups in total. The molecule has 8 nitrogen and oxygen atoms in total. The lowest BCUT2D eigenvalue weighted by atomic mass is 9.95. The second-order valence-electron chi connectivity index (χ2n) is 11.7. The fourth-order valence-corrected chi connectivity index (χ4v) is 4.63. The smallest absolute Gasteiger partial charge is 0.408 e. The van der Waals surface area contributed by atoms with Gasteiger partial charge >= 0.3 is 6.09 Å².